The Labute approximate surface area is 286 Å². The van der Waals surface area contributed by atoms with E-state index in [4.69, 9.17) is 24.2 Å². The van der Waals surface area contributed by atoms with Crippen molar-refractivity contribution in [1.82, 2.24) is 29.7 Å². The topological polar surface area (TPSA) is 156 Å². The minimum Gasteiger partial charge on any atom is -0.444 e. The van der Waals surface area contributed by atoms with E-state index < -0.39 is 30.1 Å². The van der Waals surface area contributed by atoms with Crippen molar-refractivity contribution in [2.24, 2.45) is 0 Å². The van der Waals surface area contributed by atoms with Gasteiger partial charge in [-0.3, -0.25) is 4.57 Å². The number of amides is 1. The summed E-state index contributed by atoms with van der Waals surface area (Å²) in [6, 6.07) is 20.8. The summed E-state index contributed by atoms with van der Waals surface area (Å²) in [5, 5.41) is 28.8. The number of fused-ring (bicyclic) bond motifs is 1. The molecule has 13 heteroatoms. The number of aromatic nitrogens is 4. The fourth-order valence-electron chi connectivity index (χ4n) is 6.44. The number of ether oxygens (including phenoxy) is 3. The Morgan fingerprint density at radius 2 is 1.65 bits per heavy atom. The highest BCUT2D eigenvalue weighted by atomic mass is 16.6. The molecule has 2 aliphatic rings. The molecule has 49 heavy (non-hydrogen) atoms. The zero-order valence-corrected chi connectivity index (χ0v) is 28.5. The normalized spacial score (nSPS) is 21.8. The number of carbonyl (C=O) groups excluding carboxylic acids is 1. The summed E-state index contributed by atoms with van der Waals surface area (Å²) in [5.41, 5.74) is 2.79. The standard InChI is InChI=1S/C36H47N7O6/c1-36(2,3)49-35(46)42-17-15-25(16-18-42)37-20-28-40-32(38-19-26(23-11-7-5-8-12-23)24-13-9-6-10-14-24)29-33(41-28)43(22-39-29)34-31(45)30(44)27(48-34)21-47-4/h5-14,22,25-27,30-31,34,37,44-45H,15-21H2,1-4H3,(H,38,40,41)/t27-,30-,31-,34-/m1/s1. The van der Waals surface area contributed by atoms with E-state index in [1.807, 2.05) is 57.2 Å². The van der Waals surface area contributed by atoms with Crippen LogP contribution in [0.25, 0.3) is 11.2 Å². The number of rotatable bonds is 11. The van der Waals surface area contributed by atoms with Crippen LogP contribution < -0.4 is 10.6 Å². The summed E-state index contributed by atoms with van der Waals surface area (Å²) in [6.07, 6.45) is -1.15. The van der Waals surface area contributed by atoms with Crippen molar-refractivity contribution < 1.29 is 29.2 Å². The van der Waals surface area contributed by atoms with E-state index in [0.717, 1.165) is 24.0 Å². The molecule has 0 aliphatic carbocycles. The molecule has 4 N–H and O–H groups in total. The molecular formula is C36H47N7O6. The highest BCUT2D eigenvalue weighted by Crippen LogP contribution is 2.33. The number of nitrogens with one attached hydrogen (secondary N) is 2. The Bertz CT molecular complexity index is 1630. The number of anilines is 1. The molecule has 4 atom stereocenters. The quantitative estimate of drug-likeness (QED) is 0.184. The van der Waals surface area contributed by atoms with Gasteiger partial charge >= 0.3 is 6.09 Å². The number of methoxy groups -OCH3 is 1. The van der Waals surface area contributed by atoms with Gasteiger partial charge in [0, 0.05) is 38.7 Å². The molecule has 1 amide bonds. The molecule has 0 spiro atoms. The predicted molar refractivity (Wildman–Crippen MR) is 184 cm³/mol. The molecule has 0 saturated carbocycles. The van der Waals surface area contributed by atoms with Gasteiger partial charge in [-0.15, -0.1) is 0 Å². The number of piperidine rings is 1. The first-order valence-corrected chi connectivity index (χ1v) is 16.9. The molecule has 2 aromatic heterocycles. The van der Waals surface area contributed by atoms with Crippen LogP contribution >= 0.6 is 0 Å². The summed E-state index contributed by atoms with van der Waals surface area (Å²) in [4.78, 5) is 28.8. The number of benzene rings is 2. The fraction of sp³-hybridized carbons (Fsp3) is 0.500. The number of nitrogens with zero attached hydrogens (tertiary/aromatic N) is 5. The summed E-state index contributed by atoms with van der Waals surface area (Å²) in [6.45, 7) is 7.83. The number of hydrogen-bond acceptors (Lipinski definition) is 11. The Balaban J connectivity index is 1.25. The molecule has 0 bridgehead atoms. The summed E-state index contributed by atoms with van der Waals surface area (Å²) < 4.78 is 18.5. The average molecular weight is 674 g/mol. The molecule has 6 rings (SSSR count). The number of carbonyl (C=O) groups is 1. The molecule has 2 saturated heterocycles. The maximum atomic E-state index is 12.6. The third-order valence-electron chi connectivity index (χ3n) is 8.98. The lowest BCUT2D eigenvalue weighted by atomic mass is 9.91. The number of imidazole rings is 1. The zero-order chi connectivity index (χ0) is 34.5. The van der Waals surface area contributed by atoms with E-state index in [2.05, 4.69) is 39.9 Å². The molecule has 4 aromatic rings. The summed E-state index contributed by atoms with van der Waals surface area (Å²) in [5.74, 6) is 1.12. The van der Waals surface area contributed by atoms with Crippen molar-refractivity contribution in [3.8, 4) is 0 Å². The van der Waals surface area contributed by atoms with Crippen molar-refractivity contribution in [3.63, 3.8) is 0 Å². The maximum absolute atomic E-state index is 12.6. The smallest absolute Gasteiger partial charge is 0.410 e. The number of hydrogen-bond donors (Lipinski definition) is 4. The van der Waals surface area contributed by atoms with Gasteiger partial charge in [0.05, 0.1) is 19.5 Å². The van der Waals surface area contributed by atoms with Crippen LogP contribution in [0.2, 0.25) is 0 Å². The van der Waals surface area contributed by atoms with E-state index in [1.165, 1.54) is 7.11 Å². The van der Waals surface area contributed by atoms with Crippen LogP contribution in [0, 0.1) is 0 Å². The van der Waals surface area contributed by atoms with Crippen molar-refractivity contribution >= 4 is 23.1 Å². The van der Waals surface area contributed by atoms with Crippen LogP contribution in [0.4, 0.5) is 10.6 Å². The lowest BCUT2D eigenvalue weighted by Crippen LogP contribution is -2.46. The predicted octanol–water partition coefficient (Wildman–Crippen LogP) is 3.83. The van der Waals surface area contributed by atoms with Gasteiger partial charge in [-0.05, 0) is 44.7 Å². The number of likely N-dealkylation sites (tertiary alicyclic amines) is 1. The zero-order valence-electron chi connectivity index (χ0n) is 28.5. The largest absolute Gasteiger partial charge is 0.444 e. The monoisotopic (exact) mass is 673 g/mol. The van der Waals surface area contributed by atoms with Crippen LogP contribution in [0.3, 0.4) is 0 Å². The first-order valence-electron chi connectivity index (χ1n) is 16.9. The molecule has 262 valence electrons. The lowest BCUT2D eigenvalue weighted by Gasteiger charge is -2.33. The van der Waals surface area contributed by atoms with E-state index in [-0.39, 0.29) is 24.7 Å². The first-order chi connectivity index (χ1) is 23.6. The van der Waals surface area contributed by atoms with E-state index in [0.29, 0.717) is 49.0 Å². The van der Waals surface area contributed by atoms with Gasteiger partial charge in [-0.1, -0.05) is 60.7 Å². The third-order valence-corrected chi connectivity index (χ3v) is 8.98. The summed E-state index contributed by atoms with van der Waals surface area (Å²) in [7, 11) is 1.52. The van der Waals surface area contributed by atoms with Gasteiger partial charge in [-0.2, -0.15) is 0 Å². The van der Waals surface area contributed by atoms with E-state index in [9.17, 15) is 15.0 Å². The van der Waals surface area contributed by atoms with Crippen LogP contribution in [-0.4, -0.2) is 104 Å². The minimum absolute atomic E-state index is 0.0381. The highest BCUT2D eigenvalue weighted by molar-refractivity contribution is 5.83. The van der Waals surface area contributed by atoms with Gasteiger partial charge < -0.3 is 40.0 Å². The van der Waals surface area contributed by atoms with Crippen molar-refractivity contribution in [2.75, 3.05) is 38.7 Å². The fourth-order valence-corrected chi connectivity index (χ4v) is 6.44. The Kier molecular flexibility index (Phi) is 10.8. The third kappa shape index (κ3) is 8.19. The summed E-state index contributed by atoms with van der Waals surface area (Å²) >= 11 is 0. The molecule has 2 fully saturated rings. The van der Waals surface area contributed by atoms with Crippen LogP contribution in [-0.2, 0) is 20.8 Å². The molecule has 0 unspecified atom stereocenters. The second-order valence-electron chi connectivity index (χ2n) is 13.7. The second-order valence-corrected chi connectivity index (χ2v) is 13.7. The van der Waals surface area contributed by atoms with Crippen molar-refractivity contribution in [1.29, 1.82) is 0 Å². The number of aliphatic hydroxyl groups is 2. The maximum Gasteiger partial charge on any atom is 0.410 e. The van der Waals surface area contributed by atoms with Crippen molar-refractivity contribution in [3.05, 3.63) is 83.9 Å². The number of aliphatic hydroxyl groups excluding tert-OH is 2. The SMILES string of the molecule is COC[C@H]1O[C@@H](n2cnc3c(NCC(c4ccccc4)c4ccccc4)nc(CNC4CCN(C(=O)OC(C)(C)C)CC4)nc32)[C@H](O)[C@@H]1O. The van der Waals surface area contributed by atoms with Crippen LogP contribution in [0.1, 0.15) is 62.7 Å². The van der Waals surface area contributed by atoms with E-state index >= 15 is 0 Å². The van der Waals surface area contributed by atoms with Crippen LogP contribution in [0.15, 0.2) is 67.0 Å². The Morgan fingerprint density at radius 3 is 2.27 bits per heavy atom. The van der Waals surface area contributed by atoms with Gasteiger partial charge in [0.2, 0.25) is 0 Å². The molecule has 2 aromatic carbocycles. The van der Waals surface area contributed by atoms with Gasteiger partial charge in [0.15, 0.2) is 23.2 Å². The Morgan fingerprint density at radius 1 is 1.00 bits per heavy atom. The van der Waals surface area contributed by atoms with Crippen molar-refractivity contribution in [2.45, 2.75) is 82.3 Å². The molecular weight excluding hydrogens is 626 g/mol. The van der Waals surface area contributed by atoms with Gasteiger partial charge in [0.1, 0.15) is 29.7 Å². The van der Waals surface area contributed by atoms with Gasteiger partial charge in [0.25, 0.3) is 0 Å². The second kappa shape index (κ2) is 15.2. The minimum atomic E-state index is -1.21. The van der Waals surface area contributed by atoms with Crippen LogP contribution in [0.5, 0.6) is 0 Å². The average Bonchev–Trinajstić information content (AvgIpc) is 3.64. The van der Waals surface area contributed by atoms with Gasteiger partial charge in [-0.25, -0.2) is 19.7 Å². The molecule has 2 aliphatic heterocycles. The highest BCUT2D eigenvalue weighted by Gasteiger charge is 2.44. The lowest BCUT2D eigenvalue weighted by molar-refractivity contribution is -0.0580. The first kappa shape index (κ1) is 34.7. The van der Waals surface area contributed by atoms with E-state index in [1.54, 1.807) is 15.8 Å². The Hall–Kier alpha value is -4.14. The molecule has 0 radical (unpaired) electrons. The molecule has 13 nitrogen and oxygen atoms in total. The molecule has 4 heterocycles.